The molecular weight excluding hydrogens is 218 g/mol. The van der Waals surface area contributed by atoms with Gasteiger partial charge in [-0.2, -0.15) is 5.10 Å². The van der Waals surface area contributed by atoms with E-state index in [9.17, 15) is 0 Å². The van der Waals surface area contributed by atoms with Crippen molar-refractivity contribution in [3.63, 3.8) is 0 Å². The molecule has 0 aliphatic rings. The number of ether oxygens (including phenoxy) is 1. The fourth-order valence-corrected chi connectivity index (χ4v) is 1.51. The van der Waals surface area contributed by atoms with Crippen molar-refractivity contribution < 1.29 is 4.74 Å². The minimum absolute atomic E-state index is 0.558. The minimum atomic E-state index is 0.558. The summed E-state index contributed by atoms with van der Waals surface area (Å²) in [5.74, 6) is 1.32. The van der Waals surface area contributed by atoms with E-state index >= 15 is 0 Å². The highest BCUT2D eigenvalue weighted by atomic mass is 16.5. The number of aryl methyl sites for hydroxylation is 1. The molecule has 2 heterocycles. The molecule has 0 aromatic carbocycles. The van der Waals surface area contributed by atoms with Crippen molar-refractivity contribution in [3.8, 4) is 5.88 Å². The van der Waals surface area contributed by atoms with Gasteiger partial charge in [-0.05, 0) is 6.07 Å². The van der Waals surface area contributed by atoms with Crippen molar-refractivity contribution in [2.45, 2.75) is 6.42 Å². The number of methoxy groups -OCH3 is 1. The van der Waals surface area contributed by atoms with Crippen molar-refractivity contribution in [1.82, 2.24) is 19.7 Å². The lowest BCUT2D eigenvalue weighted by molar-refractivity contribution is 0.397. The first-order valence-electron chi connectivity index (χ1n) is 5.36. The Morgan fingerprint density at radius 3 is 3.00 bits per heavy atom. The van der Waals surface area contributed by atoms with E-state index in [1.807, 2.05) is 17.8 Å². The molecule has 0 saturated heterocycles. The van der Waals surface area contributed by atoms with Crippen LogP contribution in [0.15, 0.2) is 24.7 Å². The van der Waals surface area contributed by atoms with E-state index in [2.05, 4.69) is 20.4 Å². The van der Waals surface area contributed by atoms with E-state index in [-0.39, 0.29) is 0 Å². The van der Waals surface area contributed by atoms with Gasteiger partial charge < -0.3 is 10.1 Å². The summed E-state index contributed by atoms with van der Waals surface area (Å²) in [5, 5.41) is 7.33. The molecule has 2 aromatic heterocycles. The van der Waals surface area contributed by atoms with Gasteiger partial charge in [-0.1, -0.05) is 0 Å². The molecule has 90 valence electrons. The molecule has 0 fully saturated rings. The summed E-state index contributed by atoms with van der Waals surface area (Å²) in [7, 11) is 3.52. The lowest BCUT2D eigenvalue weighted by Gasteiger charge is -2.06. The Bertz CT molecular complexity index is 482. The van der Waals surface area contributed by atoms with Crippen LogP contribution in [-0.4, -0.2) is 33.4 Å². The highest BCUT2D eigenvalue weighted by Crippen LogP contribution is 2.09. The quantitative estimate of drug-likeness (QED) is 0.830. The Labute approximate surface area is 99.7 Å². The number of hydrogen-bond acceptors (Lipinski definition) is 5. The number of nitrogens with zero attached hydrogens (tertiary/aromatic N) is 4. The molecular formula is C11H15N5O. The summed E-state index contributed by atoms with van der Waals surface area (Å²) in [6.07, 6.45) is 4.16. The minimum Gasteiger partial charge on any atom is -0.481 e. The van der Waals surface area contributed by atoms with Crippen molar-refractivity contribution in [1.29, 1.82) is 0 Å². The second-order valence-electron chi connectivity index (χ2n) is 3.57. The monoisotopic (exact) mass is 233 g/mol. The molecule has 0 bridgehead atoms. The Hall–Kier alpha value is -2.11. The van der Waals surface area contributed by atoms with Crippen molar-refractivity contribution >= 4 is 5.82 Å². The second kappa shape index (κ2) is 5.29. The molecule has 2 aromatic rings. The largest absolute Gasteiger partial charge is 0.481 e. The Morgan fingerprint density at radius 2 is 2.29 bits per heavy atom. The number of hydrogen-bond donors (Lipinski definition) is 1. The summed E-state index contributed by atoms with van der Waals surface area (Å²) in [4.78, 5) is 8.05. The smallest absolute Gasteiger partial charge is 0.218 e. The molecule has 0 aliphatic heterocycles. The average Bonchev–Trinajstić information content (AvgIpc) is 2.76. The zero-order valence-electron chi connectivity index (χ0n) is 9.92. The van der Waals surface area contributed by atoms with E-state index in [4.69, 9.17) is 4.74 Å². The molecule has 0 radical (unpaired) electrons. The third-order valence-corrected chi connectivity index (χ3v) is 2.46. The highest BCUT2D eigenvalue weighted by molar-refractivity contribution is 5.37. The molecule has 0 aliphatic carbocycles. The number of anilines is 1. The van der Waals surface area contributed by atoms with Crippen LogP contribution in [0.5, 0.6) is 5.88 Å². The Morgan fingerprint density at radius 1 is 1.41 bits per heavy atom. The second-order valence-corrected chi connectivity index (χ2v) is 3.57. The molecule has 6 heteroatoms. The third-order valence-electron chi connectivity index (χ3n) is 2.46. The molecule has 2 rings (SSSR count). The fourth-order valence-electron chi connectivity index (χ4n) is 1.51. The predicted molar refractivity (Wildman–Crippen MR) is 64.0 cm³/mol. The number of nitrogens with one attached hydrogen (secondary N) is 1. The first kappa shape index (κ1) is 11.4. The van der Waals surface area contributed by atoms with Gasteiger partial charge in [-0.25, -0.2) is 9.97 Å². The van der Waals surface area contributed by atoms with Crippen LogP contribution in [0, 0.1) is 0 Å². The Balaban J connectivity index is 1.87. The lowest BCUT2D eigenvalue weighted by atomic mass is 10.3. The number of rotatable bonds is 5. The van der Waals surface area contributed by atoms with Crippen LogP contribution in [0.3, 0.4) is 0 Å². The van der Waals surface area contributed by atoms with Crippen molar-refractivity contribution in [3.05, 3.63) is 30.4 Å². The average molecular weight is 233 g/mol. The summed E-state index contributed by atoms with van der Waals surface area (Å²) >= 11 is 0. The van der Waals surface area contributed by atoms with Crippen LogP contribution in [-0.2, 0) is 13.5 Å². The van der Waals surface area contributed by atoms with E-state index < -0.39 is 0 Å². The summed E-state index contributed by atoms with van der Waals surface area (Å²) in [6, 6.07) is 3.77. The van der Waals surface area contributed by atoms with Crippen molar-refractivity contribution in [2.24, 2.45) is 7.05 Å². The van der Waals surface area contributed by atoms with Gasteiger partial charge in [0, 0.05) is 38.0 Å². The van der Waals surface area contributed by atoms with Gasteiger partial charge in [0.25, 0.3) is 0 Å². The SMILES string of the molecule is COc1cc(NCCc2ccnn2C)ncn1. The van der Waals surface area contributed by atoms with Crippen LogP contribution < -0.4 is 10.1 Å². The molecule has 0 atom stereocenters. The highest BCUT2D eigenvalue weighted by Gasteiger charge is 2.00. The predicted octanol–water partition coefficient (Wildman–Crippen LogP) is 0.873. The fraction of sp³-hybridized carbons (Fsp3) is 0.364. The zero-order chi connectivity index (χ0) is 12.1. The van der Waals surface area contributed by atoms with Gasteiger partial charge in [0.1, 0.15) is 12.1 Å². The molecule has 0 unspecified atom stereocenters. The molecule has 0 saturated carbocycles. The standard InChI is InChI=1S/C11H15N5O/c1-16-9(4-6-15-16)3-5-12-10-7-11(17-2)14-8-13-10/h4,6-8H,3,5H2,1-2H3,(H,12,13,14). The van der Waals surface area contributed by atoms with Gasteiger partial charge in [-0.15, -0.1) is 0 Å². The van der Waals surface area contributed by atoms with Crippen LogP contribution in [0.4, 0.5) is 5.82 Å². The van der Waals surface area contributed by atoms with Gasteiger partial charge in [0.2, 0.25) is 5.88 Å². The zero-order valence-corrected chi connectivity index (χ0v) is 9.92. The van der Waals surface area contributed by atoms with Crippen LogP contribution >= 0.6 is 0 Å². The Kier molecular flexibility index (Phi) is 3.54. The molecule has 0 spiro atoms. The lowest BCUT2D eigenvalue weighted by Crippen LogP contribution is -2.09. The molecule has 6 nitrogen and oxygen atoms in total. The summed E-state index contributed by atoms with van der Waals surface area (Å²) < 4.78 is 6.88. The van der Waals surface area contributed by atoms with Gasteiger partial charge in [-0.3, -0.25) is 4.68 Å². The molecule has 1 N–H and O–H groups in total. The van der Waals surface area contributed by atoms with Crippen molar-refractivity contribution in [2.75, 3.05) is 19.0 Å². The first-order valence-corrected chi connectivity index (χ1v) is 5.36. The molecule has 0 amide bonds. The molecule has 17 heavy (non-hydrogen) atoms. The van der Waals surface area contributed by atoms with Crippen LogP contribution in [0.2, 0.25) is 0 Å². The van der Waals surface area contributed by atoms with Gasteiger partial charge in [0.15, 0.2) is 0 Å². The van der Waals surface area contributed by atoms with E-state index in [0.717, 1.165) is 18.8 Å². The summed E-state index contributed by atoms with van der Waals surface area (Å²) in [5.41, 5.74) is 1.18. The van der Waals surface area contributed by atoms with Gasteiger partial charge >= 0.3 is 0 Å². The number of aromatic nitrogens is 4. The van der Waals surface area contributed by atoms with E-state index in [1.54, 1.807) is 19.4 Å². The maximum atomic E-state index is 5.02. The first-order chi connectivity index (χ1) is 8.29. The van der Waals surface area contributed by atoms with Crippen LogP contribution in [0.1, 0.15) is 5.69 Å². The van der Waals surface area contributed by atoms with Gasteiger partial charge in [0.05, 0.1) is 7.11 Å². The normalized spacial score (nSPS) is 10.2. The van der Waals surface area contributed by atoms with Crippen LogP contribution in [0.25, 0.3) is 0 Å². The topological polar surface area (TPSA) is 64.9 Å². The van der Waals surface area contributed by atoms with E-state index in [0.29, 0.717) is 5.88 Å². The third kappa shape index (κ3) is 2.93. The maximum absolute atomic E-state index is 5.02. The van der Waals surface area contributed by atoms with E-state index in [1.165, 1.54) is 12.0 Å². The maximum Gasteiger partial charge on any atom is 0.218 e. The summed E-state index contributed by atoms with van der Waals surface area (Å²) in [6.45, 7) is 0.791.